The van der Waals surface area contributed by atoms with Crippen LogP contribution >= 0.6 is 0 Å². The first-order valence-corrected chi connectivity index (χ1v) is 6.16. The first-order chi connectivity index (χ1) is 9.65. The van der Waals surface area contributed by atoms with Crippen LogP contribution in [0.5, 0.6) is 5.75 Å². The van der Waals surface area contributed by atoms with Gasteiger partial charge in [-0.1, -0.05) is 24.3 Å². The van der Waals surface area contributed by atoms with Crippen LogP contribution in [0.3, 0.4) is 0 Å². The highest BCUT2D eigenvalue weighted by Gasteiger charge is 2.09. The maximum absolute atomic E-state index is 10.9. The second kappa shape index (κ2) is 4.70. The molecule has 2 aromatic carbocycles. The van der Waals surface area contributed by atoms with E-state index < -0.39 is 0 Å². The molecule has 1 heterocycles. The zero-order valence-corrected chi connectivity index (χ0v) is 10.9. The smallest absolute Gasteiger partial charge is 0.308 e. The minimum Gasteiger partial charge on any atom is -0.427 e. The number of carbonyl (C=O) groups is 1. The second-order valence-corrected chi connectivity index (χ2v) is 4.46. The third-order valence-corrected chi connectivity index (χ3v) is 3.04. The summed E-state index contributed by atoms with van der Waals surface area (Å²) in [4.78, 5) is 10.9. The molecule has 0 amide bonds. The summed E-state index contributed by atoms with van der Waals surface area (Å²) in [6.07, 6.45) is 0. The van der Waals surface area contributed by atoms with Gasteiger partial charge >= 0.3 is 5.97 Å². The molecule has 0 fully saturated rings. The first-order valence-electron chi connectivity index (χ1n) is 6.16. The van der Waals surface area contributed by atoms with Gasteiger partial charge in [-0.25, -0.2) is 0 Å². The van der Waals surface area contributed by atoms with Crippen LogP contribution in [-0.4, -0.2) is 16.2 Å². The zero-order chi connectivity index (χ0) is 14.1. The van der Waals surface area contributed by atoms with Gasteiger partial charge in [0.25, 0.3) is 0 Å². The Bertz CT molecular complexity index is 775. The number of anilines is 1. The molecule has 20 heavy (non-hydrogen) atoms. The van der Waals surface area contributed by atoms with Gasteiger partial charge in [-0.2, -0.15) is 5.10 Å². The van der Waals surface area contributed by atoms with E-state index in [1.165, 1.54) is 6.92 Å². The Hall–Kier alpha value is -2.82. The van der Waals surface area contributed by atoms with Crippen molar-refractivity contribution in [3.8, 4) is 16.9 Å². The molecule has 3 aromatic rings. The number of rotatable bonds is 2. The largest absolute Gasteiger partial charge is 0.427 e. The number of aromatic amines is 1. The molecule has 0 bridgehead atoms. The summed E-state index contributed by atoms with van der Waals surface area (Å²) in [7, 11) is 0. The van der Waals surface area contributed by atoms with E-state index in [9.17, 15) is 4.79 Å². The minimum absolute atomic E-state index is 0.334. The molecule has 1 aromatic heterocycles. The molecule has 0 saturated carbocycles. The summed E-state index contributed by atoms with van der Waals surface area (Å²) in [5.74, 6) is 0.659. The van der Waals surface area contributed by atoms with Crippen molar-refractivity contribution in [1.82, 2.24) is 10.2 Å². The van der Waals surface area contributed by atoms with Crippen molar-refractivity contribution < 1.29 is 9.53 Å². The molecule has 0 aliphatic carbocycles. The van der Waals surface area contributed by atoms with E-state index in [-0.39, 0.29) is 5.97 Å². The Morgan fingerprint density at radius 1 is 1.20 bits per heavy atom. The summed E-state index contributed by atoms with van der Waals surface area (Å²) < 4.78 is 5.02. The molecule has 0 aliphatic heterocycles. The van der Waals surface area contributed by atoms with Gasteiger partial charge in [-0.05, 0) is 29.3 Å². The van der Waals surface area contributed by atoms with Gasteiger partial charge in [0.05, 0.1) is 10.9 Å². The molecule has 100 valence electrons. The molecule has 0 aliphatic rings. The van der Waals surface area contributed by atoms with Crippen molar-refractivity contribution in [1.29, 1.82) is 0 Å². The van der Waals surface area contributed by atoms with Crippen molar-refractivity contribution >= 4 is 22.7 Å². The first kappa shape index (κ1) is 12.2. The number of aromatic nitrogens is 2. The van der Waals surface area contributed by atoms with Crippen LogP contribution in [0.15, 0.2) is 42.5 Å². The van der Waals surface area contributed by atoms with Gasteiger partial charge in [-0.15, -0.1) is 0 Å². The number of hydrogen-bond acceptors (Lipinski definition) is 4. The van der Waals surface area contributed by atoms with Crippen LogP contribution < -0.4 is 10.5 Å². The number of benzene rings is 2. The topological polar surface area (TPSA) is 81.0 Å². The van der Waals surface area contributed by atoms with E-state index in [1.54, 1.807) is 12.1 Å². The summed E-state index contributed by atoms with van der Waals surface area (Å²) in [5, 5.41) is 7.81. The number of esters is 1. The third kappa shape index (κ3) is 2.09. The van der Waals surface area contributed by atoms with Gasteiger partial charge in [0.2, 0.25) is 0 Å². The molecule has 0 spiro atoms. The fourth-order valence-corrected chi connectivity index (χ4v) is 2.21. The molecule has 3 N–H and O–H groups in total. The fraction of sp³-hybridized carbons (Fsp3) is 0.0667. The molecular weight excluding hydrogens is 254 g/mol. The van der Waals surface area contributed by atoms with E-state index >= 15 is 0 Å². The number of nitrogens with zero attached hydrogens (tertiary/aromatic N) is 1. The van der Waals surface area contributed by atoms with Crippen LogP contribution in [-0.2, 0) is 4.79 Å². The Labute approximate surface area is 115 Å². The number of nitrogens with one attached hydrogen (secondary N) is 1. The average Bonchev–Trinajstić information content (AvgIpc) is 2.81. The lowest BCUT2D eigenvalue weighted by Crippen LogP contribution is -2.00. The molecule has 0 unspecified atom stereocenters. The number of carbonyl (C=O) groups excluding carboxylic acids is 1. The maximum Gasteiger partial charge on any atom is 0.308 e. The SMILES string of the molecule is CC(=O)Oc1ccc(-c2cccc3[nH]nc(N)c23)cc1. The van der Waals surface area contributed by atoms with Crippen molar-refractivity contribution in [2.75, 3.05) is 5.73 Å². The lowest BCUT2D eigenvalue weighted by molar-refractivity contribution is -0.131. The quantitative estimate of drug-likeness (QED) is 0.552. The van der Waals surface area contributed by atoms with Crippen molar-refractivity contribution in [2.24, 2.45) is 0 Å². The van der Waals surface area contributed by atoms with Crippen LogP contribution in [0, 0.1) is 0 Å². The van der Waals surface area contributed by atoms with E-state index in [0.29, 0.717) is 11.6 Å². The van der Waals surface area contributed by atoms with Crippen molar-refractivity contribution in [3.63, 3.8) is 0 Å². The van der Waals surface area contributed by atoms with Crippen molar-refractivity contribution in [2.45, 2.75) is 6.92 Å². The number of fused-ring (bicyclic) bond motifs is 1. The van der Waals surface area contributed by atoms with Crippen molar-refractivity contribution in [3.05, 3.63) is 42.5 Å². The summed E-state index contributed by atoms with van der Waals surface area (Å²) in [5.41, 5.74) is 8.77. The highest BCUT2D eigenvalue weighted by atomic mass is 16.5. The number of nitrogens with two attached hydrogens (primary N) is 1. The van der Waals surface area contributed by atoms with Crippen LogP contribution in [0.1, 0.15) is 6.92 Å². The minimum atomic E-state index is -0.334. The number of hydrogen-bond donors (Lipinski definition) is 2. The van der Waals surface area contributed by atoms with Crippen LogP contribution in [0.4, 0.5) is 5.82 Å². The molecule has 5 heteroatoms. The lowest BCUT2D eigenvalue weighted by Gasteiger charge is -2.06. The Balaban J connectivity index is 2.07. The zero-order valence-electron chi connectivity index (χ0n) is 10.9. The molecule has 0 saturated heterocycles. The van der Waals surface area contributed by atoms with Gasteiger partial charge in [-0.3, -0.25) is 9.89 Å². The Morgan fingerprint density at radius 3 is 2.65 bits per heavy atom. The number of H-pyrrole nitrogens is 1. The Kier molecular flexibility index (Phi) is 2.87. The monoisotopic (exact) mass is 267 g/mol. The summed E-state index contributed by atoms with van der Waals surface area (Å²) >= 11 is 0. The van der Waals surface area contributed by atoms with E-state index in [0.717, 1.165) is 22.0 Å². The lowest BCUT2D eigenvalue weighted by atomic mass is 10.0. The van der Waals surface area contributed by atoms with E-state index in [4.69, 9.17) is 10.5 Å². The maximum atomic E-state index is 10.9. The summed E-state index contributed by atoms with van der Waals surface area (Å²) in [6, 6.07) is 13.1. The van der Waals surface area contributed by atoms with Gasteiger partial charge < -0.3 is 10.5 Å². The third-order valence-electron chi connectivity index (χ3n) is 3.04. The van der Waals surface area contributed by atoms with Gasteiger partial charge in [0.1, 0.15) is 5.75 Å². The Morgan fingerprint density at radius 2 is 1.95 bits per heavy atom. The molecule has 0 radical (unpaired) electrons. The standard InChI is InChI=1S/C15H13N3O2/c1-9(19)20-11-7-5-10(6-8-11)12-3-2-4-13-14(12)15(16)18-17-13/h2-8H,1H3,(H3,16,17,18). The van der Waals surface area contributed by atoms with E-state index in [2.05, 4.69) is 10.2 Å². The average molecular weight is 267 g/mol. The van der Waals surface area contributed by atoms with E-state index in [1.807, 2.05) is 30.3 Å². The van der Waals surface area contributed by atoms with Crippen LogP contribution in [0.25, 0.3) is 22.0 Å². The molecule has 3 rings (SSSR count). The predicted octanol–water partition coefficient (Wildman–Crippen LogP) is 2.74. The highest BCUT2D eigenvalue weighted by molar-refractivity contribution is 6.01. The highest BCUT2D eigenvalue weighted by Crippen LogP contribution is 2.31. The van der Waals surface area contributed by atoms with Gasteiger partial charge in [0.15, 0.2) is 5.82 Å². The summed E-state index contributed by atoms with van der Waals surface area (Å²) in [6.45, 7) is 1.38. The second-order valence-electron chi connectivity index (χ2n) is 4.46. The van der Waals surface area contributed by atoms with Crippen LogP contribution in [0.2, 0.25) is 0 Å². The molecule has 5 nitrogen and oxygen atoms in total. The normalized spacial score (nSPS) is 10.7. The van der Waals surface area contributed by atoms with Gasteiger partial charge in [0, 0.05) is 6.92 Å². The molecular formula is C15H13N3O2. The predicted molar refractivity (Wildman–Crippen MR) is 77.3 cm³/mol. The molecule has 0 atom stereocenters. The fourth-order valence-electron chi connectivity index (χ4n) is 2.21. The number of ether oxygens (including phenoxy) is 1. The number of nitrogen functional groups attached to an aromatic ring is 1.